The smallest absolute Gasteiger partial charge is 0.0486 e. The summed E-state index contributed by atoms with van der Waals surface area (Å²) in [4.78, 5) is 0. The van der Waals surface area contributed by atoms with Crippen molar-refractivity contribution in [1.29, 1.82) is 0 Å². The van der Waals surface area contributed by atoms with Gasteiger partial charge in [0.2, 0.25) is 0 Å². The van der Waals surface area contributed by atoms with Crippen molar-refractivity contribution in [2.24, 2.45) is 0 Å². The Balaban J connectivity index is 1.66. The van der Waals surface area contributed by atoms with Gasteiger partial charge in [-0.1, -0.05) is 31.7 Å². The summed E-state index contributed by atoms with van der Waals surface area (Å²) in [5.41, 5.74) is 6.42. The molecular weight excluding hydrogens is 280 g/mol. The number of benzene rings is 1. The van der Waals surface area contributed by atoms with Crippen LogP contribution in [0.1, 0.15) is 80.1 Å². The zero-order chi connectivity index (χ0) is 15.2. The average molecular weight is 308 g/mol. The van der Waals surface area contributed by atoms with Crippen molar-refractivity contribution in [1.82, 2.24) is 9.88 Å². The van der Waals surface area contributed by atoms with E-state index < -0.39 is 0 Å². The van der Waals surface area contributed by atoms with Gasteiger partial charge in [0.05, 0.1) is 0 Å². The topological polar surface area (TPSA) is 17.0 Å². The van der Waals surface area contributed by atoms with E-state index in [9.17, 15) is 0 Å². The van der Waals surface area contributed by atoms with Crippen LogP contribution in [0.15, 0.2) is 18.2 Å². The second-order valence-electron chi connectivity index (χ2n) is 7.88. The van der Waals surface area contributed by atoms with E-state index in [2.05, 4.69) is 28.1 Å². The lowest BCUT2D eigenvalue weighted by molar-refractivity contribution is 0.409. The van der Waals surface area contributed by atoms with Crippen LogP contribution in [0.4, 0.5) is 0 Å². The maximum absolute atomic E-state index is 3.78. The summed E-state index contributed by atoms with van der Waals surface area (Å²) < 4.78 is 2.64. The van der Waals surface area contributed by atoms with E-state index in [1.54, 1.807) is 22.2 Å². The molecule has 3 aliphatic rings. The molecule has 23 heavy (non-hydrogen) atoms. The minimum Gasteiger partial charge on any atom is -0.342 e. The summed E-state index contributed by atoms with van der Waals surface area (Å²) in [6, 6.07) is 8.06. The summed E-state index contributed by atoms with van der Waals surface area (Å²) in [5, 5.41) is 5.36. The van der Waals surface area contributed by atoms with E-state index in [4.69, 9.17) is 0 Å². The number of aromatic nitrogens is 1. The Morgan fingerprint density at radius 2 is 1.83 bits per heavy atom. The molecular formula is C21H28N2. The second-order valence-corrected chi connectivity index (χ2v) is 7.88. The lowest BCUT2D eigenvalue weighted by atomic mass is 9.83. The minimum absolute atomic E-state index is 0.604. The summed E-state index contributed by atoms with van der Waals surface area (Å²) in [5.74, 6) is 0.817. The van der Waals surface area contributed by atoms with Crippen LogP contribution in [0.3, 0.4) is 0 Å². The number of rotatable bonds is 1. The summed E-state index contributed by atoms with van der Waals surface area (Å²) >= 11 is 0. The highest BCUT2D eigenvalue weighted by Gasteiger charge is 2.29. The molecule has 2 heterocycles. The minimum atomic E-state index is 0.604. The van der Waals surface area contributed by atoms with E-state index in [-0.39, 0.29) is 0 Å². The number of aryl methyl sites for hydroxylation is 1. The molecule has 1 fully saturated rings. The Labute approximate surface area is 139 Å². The van der Waals surface area contributed by atoms with Gasteiger partial charge in [-0.05, 0) is 61.3 Å². The third-order valence-electron chi connectivity index (χ3n) is 6.54. The van der Waals surface area contributed by atoms with E-state index in [0.29, 0.717) is 6.04 Å². The lowest BCUT2D eigenvalue weighted by Gasteiger charge is -2.26. The number of fused-ring (bicyclic) bond motifs is 3. The molecule has 1 aromatic carbocycles. The predicted molar refractivity (Wildman–Crippen MR) is 96.1 cm³/mol. The highest BCUT2D eigenvalue weighted by molar-refractivity contribution is 5.87. The zero-order valence-electron chi connectivity index (χ0n) is 14.1. The van der Waals surface area contributed by atoms with Crippen LogP contribution in [0.5, 0.6) is 0 Å². The molecule has 122 valence electrons. The van der Waals surface area contributed by atoms with Crippen molar-refractivity contribution in [2.75, 3.05) is 6.54 Å². The van der Waals surface area contributed by atoms with Crippen molar-refractivity contribution in [3.8, 4) is 0 Å². The summed E-state index contributed by atoms with van der Waals surface area (Å²) in [6.07, 6.45) is 12.4. The average Bonchev–Trinajstić information content (AvgIpc) is 2.77. The molecule has 1 aliphatic heterocycles. The number of hydrogen-bond donors (Lipinski definition) is 1. The zero-order valence-corrected chi connectivity index (χ0v) is 14.1. The number of nitrogens with zero attached hydrogens (tertiary/aromatic N) is 1. The highest BCUT2D eigenvalue weighted by Crippen LogP contribution is 2.40. The first-order chi connectivity index (χ1) is 11.4. The van der Waals surface area contributed by atoms with Crippen molar-refractivity contribution < 1.29 is 0 Å². The second kappa shape index (κ2) is 5.66. The van der Waals surface area contributed by atoms with Crippen molar-refractivity contribution >= 4 is 10.9 Å². The van der Waals surface area contributed by atoms with Crippen LogP contribution < -0.4 is 5.32 Å². The Morgan fingerprint density at radius 3 is 2.74 bits per heavy atom. The van der Waals surface area contributed by atoms with Gasteiger partial charge in [0.1, 0.15) is 0 Å². The van der Waals surface area contributed by atoms with E-state index >= 15 is 0 Å². The molecule has 2 heteroatoms. The van der Waals surface area contributed by atoms with Gasteiger partial charge in [-0.3, -0.25) is 0 Å². The van der Waals surface area contributed by atoms with Crippen LogP contribution in [0.25, 0.3) is 10.9 Å². The van der Waals surface area contributed by atoms with Crippen molar-refractivity contribution in [2.45, 2.75) is 76.3 Å². The van der Waals surface area contributed by atoms with Gasteiger partial charge >= 0.3 is 0 Å². The molecule has 2 nitrogen and oxygen atoms in total. The third-order valence-corrected chi connectivity index (χ3v) is 6.54. The molecule has 0 spiro atoms. The van der Waals surface area contributed by atoms with Crippen molar-refractivity contribution in [3.63, 3.8) is 0 Å². The number of nitrogens with one attached hydrogen (secondary N) is 1. The molecule has 1 aromatic heterocycles. The number of hydrogen-bond acceptors (Lipinski definition) is 1. The normalized spacial score (nSPS) is 25.3. The van der Waals surface area contributed by atoms with Crippen LogP contribution >= 0.6 is 0 Å². The predicted octanol–water partition coefficient (Wildman–Crippen LogP) is 5.06. The molecule has 0 radical (unpaired) electrons. The fraction of sp³-hybridized carbons (Fsp3) is 0.619. The Hall–Kier alpha value is -1.28. The van der Waals surface area contributed by atoms with Gasteiger partial charge < -0.3 is 9.88 Å². The molecule has 1 N–H and O–H groups in total. The third kappa shape index (κ3) is 2.26. The summed E-state index contributed by atoms with van der Waals surface area (Å²) in [6.45, 7) is 2.27. The van der Waals surface area contributed by atoms with E-state index in [0.717, 1.165) is 19.0 Å². The monoisotopic (exact) mass is 308 g/mol. The molecule has 1 atom stereocenters. The van der Waals surface area contributed by atoms with Crippen LogP contribution in [0, 0.1) is 0 Å². The highest BCUT2D eigenvalue weighted by atomic mass is 15.1. The molecule has 0 bridgehead atoms. The summed E-state index contributed by atoms with van der Waals surface area (Å²) in [7, 11) is 0. The van der Waals surface area contributed by atoms with Gasteiger partial charge in [0.15, 0.2) is 0 Å². The van der Waals surface area contributed by atoms with Gasteiger partial charge in [-0.2, -0.15) is 0 Å². The Kier molecular flexibility index (Phi) is 3.47. The van der Waals surface area contributed by atoms with Crippen LogP contribution in [-0.2, 0) is 13.0 Å². The molecule has 0 saturated heterocycles. The van der Waals surface area contributed by atoms with Crippen molar-refractivity contribution in [3.05, 3.63) is 35.0 Å². The van der Waals surface area contributed by atoms with Crippen LogP contribution in [-0.4, -0.2) is 11.1 Å². The Bertz CT molecular complexity index is 721. The van der Waals surface area contributed by atoms with Gasteiger partial charge in [0, 0.05) is 35.7 Å². The Morgan fingerprint density at radius 1 is 0.957 bits per heavy atom. The maximum Gasteiger partial charge on any atom is 0.0486 e. The molecule has 1 saturated carbocycles. The molecule has 2 aliphatic carbocycles. The largest absolute Gasteiger partial charge is 0.342 e. The molecule has 5 rings (SSSR count). The SMILES string of the molecule is c1cc2c(cc1C1CCCCC1)c1c3n2CCN[C@H]3CCCC1. The molecule has 0 amide bonds. The fourth-order valence-electron chi connectivity index (χ4n) is 5.39. The maximum atomic E-state index is 3.78. The van der Waals surface area contributed by atoms with E-state index in [1.807, 2.05) is 0 Å². The van der Waals surface area contributed by atoms with Gasteiger partial charge in [0.25, 0.3) is 0 Å². The quantitative estimate of drug-likeness (QED) is 0.779. The first-order valence-corrected chi connectivity index (χ1v) is 9.80. The molecule has 2 aromatic rings. The standard InChI is InChI=1S/C21H28N2/c1-2-6-15(7-3-1)16-10-11-20-18(14-16)17-8-4-5-9-19-21(17)23(20)13-12-22-19/h10-11,14-15,19,22H,1-9,12-13H2/t19-/m0/s1. The molecule has 0 unspecified atom stereocenters. The first-order valence-electron chi connectivity index (χ1n) is 9.80. The lowest BCUT2D eigenvalue weighted by Crippen LogP contribution is -2.33. The van der Waals surface area contributed by atoms with Gasteiger partial charge in [-0.15, -0.1) is 0 Å². The van der Waals surface area contributed by atoms with Crippen LogP contribution in [0.2, 0.25) is 0 Å². The first kappa shape index (κ1) is 14.1. The fourth-order valence-corrected chi connectivity index (χ4v) is 5.39. The van der Waals surface area contributed by atoms with E-state index in [1.165, 1.54) is 63.3 Å². The van der Waals surface area contributed by atoms with Gasteiger partial charge in [-0.25, -0.2) is 0 Å².